The Bertz CT molecular complexity index is 429. The Balaban J connectivity index is 3.24. The van der Waals surface area contributed by atoms with E-state index in [-0.39, 0.29) is 4.48 Å². The minimum Gasteiger partial charge on any atom is -0.354 e. The molecule has 1 heterocycles. The summed E-state index contributed by atoms with van der Waals surface area (Å²) >= 11 is 1.44. The number of thioether (sulfide) groups is 1. The maximum atomic E-state index is 9.22. The first-order chi connectivity index (χ1) is 8.09. The summed E-state index contributed by atoms with van der Waals surface area (Å²) in [5.41, 5.74) is 0. The van der Waals surface area contributed by atoms with Gasteiger partial charge in [-0.15, -0.1) is 15.2 Å². The van der Waals surface area contributed by atoms with E-state index in [9.17, 15) is 5.26 Å². The van der Waals surface area contributed by atoms with E-state index in [1.165, 1.54) is 11.8 Å². The Morgan fingerprint density at radius 3 is 2.53 bits per heavy atom. The average molecular weight is 253 g/mol. The molecule has 0 spiro atoms. The van der Waals surface area contributed by atoms with Crippen molar-refractivity contribution in [2.24, 2.45) is 0 Å². The lowest BCUT2D eigenvalue weighted by Crippen LogP contribution is -2.41. The fourth-order valence-corrected chi connectivity index (χ4v) is 1.50. The van der Waals surface area contributed by atoms with Crippen molar-refractivity contribution in [3.8, 4) is 6.19 Å². The molecule has 0 aromatic carbocycles. The van der Waals surface area contributed by atoms with Gasteiger partial charge < -0.3 is 5.32 Å². The molecule has 1 aromatic rings. The van der Waals surface area contributed by atoms with E-state index in [2.05, 4.69) is 26.5 Å². The molecule has 0 aliphatic heterocycles. The highest BCUT2D eigenvalue weighted by molar-refractivity contribution is 7.98. The van der Waals surface area contributed by atoms with Gasteiger partial charge in [0.25, 0.3) is 0 Å². The molecular weight excluding hydrogens is 236 g/mol. The molecule has 0 saturated heterocycles. The third-order valence-electron chi connectivity index (χ3n) is 2.42. The molecule has 0 aliphatic carbocycles. The van der Waals surface area contributed by atoms with Crippen LogP contribution in [-0.2, 0) is 0 Å². The number of anilines is 1. The molecule has 92 valence electrons. The fraction of sp³-hybridized carbons (Fsp3) is 0.600. The molecule has 0 aliphatic rings. The minimum absolute atomic E-state index is 0.0362. The van der Waals surface area contributed by atoms with Gasteiger partial charge in [-0.25, -0.2) is 0 Å². The lowest BCUT2D eigenvalue weighted by atomic mass is 10.5. The summed E-state index contributed by atoms with van der Waals surface area (Å²) in [6.07, 6.45) is 4.11. The number of aromatic nitrogens is 3. The Kier molecular flexibility index (Phi) is 4.66. The predicted octanol–water partition coefficient (Wildman–Crippen LogP) is 1.46. The average Bonchev–Trinajstić information content (AvgIpc) is 2.37. The van der Waals surface area contributed by atoms with E-state index in [1.54, 1.807) is 7.05 Å². The normalized spacial score (nSPS) is 13.8. The number of rotatable bonds is 5. The van der Waals surface area contributed by atoms with Gasteiger partial charge in [-0.1, -0.05) is 11.8 Å². The van der Waals surface area contributed by atoms with Crippen molar-refractivity contribution >= 4 is 23.7 Å². The van der Waals surface area contributed by atoms with Crippen molar-refractivity contribution in [3.63, 3.8) is 0 Å². The highest BCUT2D eigenvalue weighted by atomic mass is 32.2. The summed E-state index contributed by atoms with van der Waals surface area (Å²) in [6.45, 7) is 5.25. The fourth-order valence-electron chi connectivity index (χ4n) is 1.15. The second kappa shape index (κ2) is 5.80. The third-order valence-corrected chi connectivity index (χ3v) is 2.96. The first-order valence-electron chi connectivity index (χ1n) is 5.41. The van der Waals surface area contributed by atoms with Crippen LogP contribution in [0, 0.1) is 11.5 Å². The van der Waals surface area contributed by atoms with Gasteiger partial charge in [-0.3, -0.25) is 0 Å². The lowest BCUT2D eigenvalue weighted by Gasteiger charge is -2.19. The smallest absolute Gasteiger partial charge is 0.349 e. The Morgan fingerprint density at radius 2 is 2.06 bits per heavy atom. The van der Waals surface area contributed by atoms with Gasteiger partial charge in [0.1, 0.15) is 0 Å². The quantitative estimate of drug-likeness (QED) is 0.486. The van der Waals surface area contributed by atoms with Crippen LogP contribution in [0.2, 0.25) is 0 Å². The minimum atomic E-state index is 0.0362. The standard InChI is InChI=1S/C10H17N6S/c1-5-12-8-13-9(15-10(14-8)17-4)16(3,6-2)7-11/h5-6H2,1-4H3,(H,12,13,14,15)/q+1. The molecule has 0 radical (unpaired) electrons. The molecule has 1 N–H and O–H groups in total. The van der Waals surface area contributed by atoms with Crippen molar-refractivity contribution in [3.05, 3.63) is 0 Å². The second-order valence-electron chi connectivity index (χ2n) is 3.58. The van der Waals surface area contributed by atoms with Crippen molar-refractivity contribution in [1.29, 1.82) is 5.26 Å². The van der Waals surface area contributed by atoms with Crippen LogP contribution in [0.4, 0.5) is 11.9 Å². The van der Waals surface area contributed by atoms with Gasteiger partial charge in [0.05, 0.1) is 13.6 Å². The maximum absolute atomic E-state index is 9.22. The summed E-state index contributed by atoms with van der Waals surface area (Å²) in [4.78, 5) is 12.8. The SMILES string of the molecule is CCNc1nc(SC)nc([N+](C)(C#N)CC)n1. The van der Waals surface area contributed by atoms with Gasteiger partial charge in [0.2, 0.25) is 5.95 Å². The van der Waals surface area contributed by atoms with E-state index in [0.29, 0.717) is 23.6 Å². The number of hydrogen-bond acceptors (Lipinski definition) is 6. The summed E-state index contributed by atoms with van der Waals surface area (Å²) in [5, 5.41) is 12.9. The molecule has 7 heteroatoms. The van der Waals surface area contributed by atoms with Crippen molar-refractivity contribution in [2.75, 3.05) is 31.7 Å². The van der Waals surface area contributed by atoms with Crippen LogP contribution in [0.3, 0.4) is 0 Å². The van der Waals surface area contributed by atoms with E-state index in [4.69, 9.17) is 0 Å². The maximum Gasteiger partial charge on any atom is 0.349 e. The van der Waals surface area contributed by atoms with Crippen LogP contribution in [0.15, 0.2) is 5.16 Å². The zero-order chi connectivity index (χ0) is 12.9. The largest absolute Gasteiger partial charge is 0.354 e. The van der Waals surface area contributed by atoms with Crippen LogP contribution < -0.4 is 9.80 Å². The summed E-state index contributed by atoms with van der Waals surface area (Å²) in [5.74, 6) is 1.00. The molecule has 0 bridgehead atoms. The Morgan fingerprint density at radius 1 is 1.35 bits per heavy atom. The lowest BCUT2D eigenvalue weighted by molar-refractivity contribution is 0.454. The van der Waals surface area contributed by atoms with Crippen LogP contribution in [0.1, 0.15) is 13.8 Å². The molecule has 0 saturated carbocycles. The van der Waals surface area contributed by atoms with Gasteiger partial charge in [-0.05, 0) is 20.1 Å². The highest BCUT2D eigenvalue weighted by Gasteiger charge is 2.28. The van der Waals surface area contributed by atoms with Gasteiger partial charge in [0, 0.05) is 6.54 Å². The van der Waals surface area contributed by atoms with Crippen molar-refractivity contribution in [2.45, 2.75) is 19.0 Å². The van der Waals surface area contributed by atoms with Crippen LogP contribution >= 0.6 is 11.8 Å². The van der Waals surface area contributed by atoms with E-state index >= 15 is 0 Å². The van der Waals surface area contributed by atoms with Crippen molar-refractivity contribution in [1.82, 2.24) is 19.4 Å². The topological polar surface area (TPSA) is 74.5 Å². The molecule has 0 fully saturated rings. The molecule has 1 unspecified atom stereocenters. The van der Waals surface area contributed by atoms with E-state index in [1.807, 2.05) is 20.1 Å². The van der Waals surface area contributed by atoms with Gasteiger partial charge >= 0.3 is 12.1 Å². The monoisotopic (exact) mass is 253 g/mol. The second-order valence-corrected chi connectivity index (χ2v) is 4.36. The number of quaternary nitrogens is 1. The number of nitriles is 1. The predicted molar refractivity (Wildman–Crippen MR) is 69.6 cm³/mol. The number of nitrogens with one attached hydrogen (secondary N) is 1. The zero-order valence-electron chi connectivity index (χ0n) is 10.6. The Hall–Kier alpha value is -1.39. The highest BCUT2D eigenvalue weighted by Crippen LogP contribution is 2.19. The summed E-state index contributed by atoms with van der Waals surface area (Å²) in [7, 11) is 1.79. The van der Waals surface area contributed by atoms with Gasteiger partial charge in [0.15, 0.2) is 5.16 Å². The zero-order valence-corrected chi connectivity index (χ0v) is 11.4. The Labute approximate surface area is 106 Å². The molecule has 6 nitrogen and oxygen atoms in total. The molecule has 1 atom stereocenters. The third kappa shape index (κ3) is 3.05. The molecular formula is C10H17N6S+. The van der Waals surface area contributed by atoms with Gasteiger partial charge in [-0.2, -0.15) is 9.47 Å². The van der Waals surface area contributed by atoms with Crippen LogP contribution in [-0.4, -0.2) is 41.3 Å². The summed E-state index contributed by atoms with van der Waals surface area (Å²) < 4.78 is 0.0362. The molecule has 1 rings (SSSR count). The first kappa shape index (κ1) is 13.7. The van der Waals surface area contributed by atoms with E-state index < -0.39 is 0 Å². The molecule has 1 aromatic heterocycles. The number of hydrogen-bond donors (Lipinski definition) is 1. The van der Waals surface area contributed by atoms with Crippen molar-refractivity contribution < 1.29 is 0 Å². The summed E-state index contributed by atoms with van der Waals surface area (Å²) in [6, 6.07) is 0. The van der Waals surface area contributed by atoms with Crippen LogP contribution in [0.5, 0.6) is 0 Å². The molecule has 17 heavy (non-hydrogen) atoms. The van der Waals surface area contributed by atoms with Crippen LogP contribution in [0.25, 0.3) is 0 Å². The van der Waals surface area contributed by atoms with E-state index in [0.717, 1.165) is 6.54 Å². The molecule has 0 amide bonds. The number of nitrogens with zero attached hydrogens (tertiary/aromatic N) is 5. The first-order valence-corrected chi connectivity index (χ1v) is 6.63.